The van der Waals surface area contributed by atoms with Crippen LogP contribution < -0.4 is 0 Å². The smallest absolute Gasteiger partial charge is 0.313 e. The summed E-state index contributed by atoms with van der Waals surface area (Å²) in [5, 5.41) is 0. The van der Waals surface area contributed by atoms with E-state index in [0.717, 1.165) is 105 Å². The van der Waals surface area contributed by atoms with E-state index in [1.807, 2.05) is 31.3 Å². The highest BCUT2D eigenvalue weighted by Crippen LogP contribution is 2.41. The normalized spacial score (nSPS) is 23.0. The SMILES string of the molecule is Cc1cccc(C2CCC3(CCN(C4=NC=C(C5=Nc6cc(C(C)(F)F)ccc6CC5)CC4)CC3)OC2=O)c1. The van der Waals surface area contributed by atoms with Crippen molar-refractivity contribution in [1.82, 2.24) is 4.90 Å². The van der Waals surface area contributed by atoms with Gasteiger partial charge in [0.05, 0.1) is 11.6 Å². The average molecular weight is 532 g/mol. The van der Waals surface area contributed by atoms with Crippen LogP contribution in [0, 0.1) is 6.92 Å². The van der Waals surface area contributed by atoms with Crippen molar-refractivity contribution >= 4 is 23.2 Å². The molecule has 0 aliphatic carbocycles. The van der Waals surface area contributed by atoms with Gasteiger partial charge in [0.25, 0.3) is 5.92 Å². The van der Waals surface area contributed by atoms with E-state index in [-0.39, 0.29) is 23.1 Å². The molecule has 4 heterocycles. The largest absolute Gasteiger partial charge is 0.458 e. The van der Waals surface area contributed by atoms with Gasteiger partial charge in [-0.2, -0.15) is 0 Å². The zero-order chi connectivity index (χ0) is 27.2. The molecule has 0 aromatic heterocycles. The minimum atomic E-state index is -2.88. The van der Waals surface area contributed by atoms with E-state index in [4.69, 9.17) is 14.7 Å². The number of amidine groups is 1. The Morgan fingerprint density at radius 2 is 1.85 bits per heavy atom. The average Bonchev–Trinajstić information content (AvgIpc) is 2.92. The summed E-state index contributed by atoms with van der Waals surface area (Å²) in [6.45, 7) is 4.62. The van der Waals surface area contributed by atoms with E-state index in [1.165, 1.54) is 12.1 Å². The summed E-state index contributed by atoms with van der Waals surface area (Å²) >= 11 is 0. The highest BCUT2D eigenvalue weighted by Gasteiger charge is 2.44. The Morgan fingerprint density at radius 1 is 1.03 bits per heavy atom. The Labute approximate surface area is 228 Å². The molecule has 6 rings (SSSR count). The molecule has 1 unspecified atom stereocenters. The first-order chi connectivity index (χ1) is 18.7. The van der Waals surface area contributed by atoms with Gasteiger partial charge in [0.15, 0.2) is 0 Å². The predicted molar refractivity (Wildman–Crippen MR) is 149 cm³/mol. The van der Waals surface area contributed by atoms with Crippen molar-refractivity contribution in [2.45, 2.75) is 82.7 Å². The van der Waals surface area contributed by atoms with Crippen molar-refractivity contribution < 1.29 is 18.3 Å². The molecular formula is C32H35F2N3O2. The number of ether oxygens (including phenoxy) is 1. The van der Waals surface area contributed by atoms with Gasteiger partial charge in [-0.25, -0.2) is 13.8 Å². The number of halogens is 2. The van der Waals surface area contributed by atoms with E-state index < -0.39 is 5.92 Å². The minimum absolute atomic E-state index is 0.00128. The molecule has 0 N–H and O–H groups in total. The molecule has 2 aromatic rings. The lowest BCUT2D eigenvalue weighted by Crippen LogP contribution is -2.51. The fraction of sp³-hybridized carbons (Fsp3) is 0.469. The van der Waals surface area contributed by atoms with Gasteiger partial charge in [0, 0.05) is 56.8 Å². The maximum Gasteiger partial charge on any atom is 0.313 e. The van der Waals surface area contributed by atoms with Crippen LogP contribution in [0.3, 0.4) is 0 Å². The number of esters is 1. The molecule has 2 aromatic carbocycles. The molecule has 4 aliphatic rings. The zero-order valence-electron chi connectivity index (χ0n) is 22.7. The molecule has 7 heteroatoms. The number of rotatable bonds is 3. The number of alkyl halides is 2. The van der Waals surface area contributed by atoms with Gasteiger partial charge in [0.1, 0.15) is 11.4 Å². The third kappa shape index (κ3) is 5.28. The van der Waals surface area contributed by atoms with Crippen molar-refractivity contribution in [3.63, 3.8) is 0 Å². The van der Waals surface area contributed by atoms with E-state index in [9.17, 15) is 13.6 Å². The number of piperidine rings is 1. The molecule has 0 radical (unpaired) electrons. The minimum Gasteiger partial charge on any atom is -0.458 e. The summed E-state index contributed by atoms with van der Waals surface area (Å²) in [4.78, 5) is 24.9. The quantitative estimate of drug-likeness (QED) is 0.395. The summed E-state index contributed by atoms with van der Waals surface area (Å²) in [5.41, 5.74) is 5.58. The zero-order valence-corrected chi connectivity index (χ0v) is 22.7. The predicted octanol–water partition coefficient (Wildman–Crippen LogP) is 7.16. The Kier molecular flexibility index (Phi) is 6.64. The van der Waals surface area contributed by atoms with Gasteiger partial charge in [-0.1, -0.05) is 42.0 Å². The van der Waals surface area contributed by atoms with Crippen LogP contribution in [0.15, 0.2) is 64.2 Å². The first-order valence-corrected chi connectivity index (χ1v) is 14.1. The van der Waals surface area contributed by atoms with E-state index >= 15 is 0 Å². The van der Waals surface area contributed by atoms with Crippen LogP contribution in [0.2, 0.25) is 0 Å². The van der Waals surface area contributed by atoms with Gasteiger partial charge in [-0.3, -0.25) is 9.79 Å². The molecule has 0 saturated carbocycles. The molecular weight excluding hydrogens is 496 g/mol. The van der Waals surface area contributed by atoms with Gasteiger partial charge in [-0.15, -0.1) is 0 Å². The van der Waals surface area contributed by atoms with E-state index in [2.05, 4.69) is 11.0 Å². The number of benzene rings is 2. The van der Waals surface area contributed by atoms with Crippen LogP contribution in [0.25, 0.3) is 0 Å². The molecule has 2 fully saturated rings. The van der Waals surface area contributed by atoms with Crippen molar-refractivity contribution in [2.75, 3.05) is 13.1 Å². The summed E-state index contributed by atoms with van der Waals surface area (Å²) in [5.74, 6) is -2.07. The maximum absolute atomic E-state index is 13.8. The molecule has 0 bridgehead atoms. The lowest BCUT2D eigenvalue weighted by atomic mass is 9.79. The van der Waals surface area contributed by atoms with Crippen molar-refractivity contribution in [2.24, 2.45) is 9.98 Å². The number of hydrogen-bond donors (Lipinski definition) is 0. The molecule has 0 amide bonds. The summed E-state index contributed by atoms with van der Waals surface area (Å²) in [7, 11) is 0. The van der Waals surface area contributed by atoms with Crippen LogP contribution in [-0.2, 0) is 21.9 Å². The summed E-state index contributed by atoms with van der Waals surface area (Å²) in [6, 6.07) is 13.0. The maximum atomic E-state index is 13.8. The lowest BCUT2D eigenvalue weighted by molar-refractivity contribution is -0.175. The van der Waals surface area contributed by atoms with Gasteiger partial charge >= 0.3 is 5.97 Å². The fourth-order valence-corrected chi connectivity index (χ4v) is 6.40. The Bertz CT molecular complexity index is 1380. The number of hydrogen-bond acceptors (Lipinski definition) is 5. The van der Waals surface area contributed by atoms with Crippen LogP contribution in [0.4, 0.5) is 14.5 Å². The summed E-state index contributed by atoms with van der Waals surface area (Å²) < 4.78 is 33.8. The highest BCUT2D eigenvalue weighted by molar-refractivity contribution is 6.04. The summed E-state index contributed by atoms with van der Waals surface area (Å²) in [6.07, 6.45) is 8.55. The lowest BCUT2D eigenvalue weighted by Gasteiger charge is -2.45. The number of carbonyl (C=O) groups excluding carboxylic acids is 1. The second-order valence-electron chi connectivity index (χ2n) is 11.6. The first-order valence-electron chi connectivity index (χ1n) is 14.1. The topological polar surface area (TPSA) is 54.3 Å². The van der Waals surface area contributed by atoms with Crippen LogP contribution >= 0.6 is 0 Å². The molecule has 1 atom stereocenters. The molecule has 39 heavy (non-hydrogen) atoms. The van der Waals surface area contributed by atoms with Crippen molar-refractivity contribution in [1.29, 1.82) is 0 Å². The van der Waals surface area contributed by atoms with Crippen molar-refractivity contribution in [3.05, 3.63) is 76.5 Å². The Hall–Kier alpha value is -3.35. The molecule has 5 nitrogen and oxygen atoms in total. The third-order valence-electron chi connectivity index (χ3n) is 8.81. The third-order valence-corrected chi connectivity index (χ3v) is 8.81. The molecule has 2 saturated heterocycles. The first kappa shape index (κ1) is 25.9. The van der Waals surface area contributed by atoms with Crippen molar-refractivity contribution in [3.8, 4) is 0 Å². The molecule has 204 valence electrons. The Balaban J connectivity index is 1.09. The fourth-order valence-electron chi connectivity index (χ4n) is 6.40. The van der Waals surface area contributed by atoms with Gasteiger partial charge < -0.3 is 9.64 Å². The molecule has 1 spiro atoms. The highest BCUT2D eigenvalue weighted by atomic mass is 19.3. The van der Waals surface area contributed by atoms with Gasteiger partial charge in [-0.05, 0) is 61.8 Å². The number of aryl methyl sites for hydroxylation is 2. The number of likely N-dealkylation sites (tertiary alicyclic amines) is 1. The van der Waals surface area contributed by atoms with Gasteiger partial charge in [0.2, 0.25) is 0 Å². The number of carbonyl (C=O) groups is 1. The standard InChI is InChI=1S/C32H35F2N3O2/c1-21-4-3-5-23(18-21)26-12-13-32(39-30(26)38)14-16-37(17-15-32)29-11-8-24(20-35-29)27-10-7-22-6-9-25(31(2,33)34)19-28(22)36-27/h3-6,9,18-20,26H,7-8,10-17H2,1-2H3. The van der Waals surface area contributed by atoms with Crippen LogP contribution in [0.1, 0.15) is 80.0 Å². The van der Waals surface area contributed by atoms with Crippen LogP contribution in [-0.4, -0.2) is 41.1 Å². The second kappa shape index (κ2) is 10.00. The molecule has 4 aliphatic heterocycles. The Morgan fingerprint density at radius 3 is 2.54 bits per heavy atom. The number of nitrogens with zero attached hydrogens (tertiary/aromatic N) is 3. The number of fused-ring (bicyclic) bond motifs is 1. The van der Waals surface area contributed by atoms with E-state index in [0.29, 0.717) is 5.69 Å². The van der Waals surface area contributed by atoms with Crippen LogP contribution in [0.5, 0.6) is 0 Å². The van der Waals surface area contributed by atoms with E-state index in [1.54, 1.807) is 6.07 Å². The number of allylic oxidation sites excluding steroid dienone is 1. The monoisotopic (exact) mass is 531 g/mol. The second-order valence-corrected chi connectivity index (χ2v) is 11.6. The number of aliphatic imine (C=N–C) groups is 2.